The fourth-order valence-corrected chi connectivity index (χ4v) is 0.697. The van der Waals surface area contributed by atoms with Crippen molar-refractivity contribution < 1.29 is 29.0 Å². The first kappa shape index (κ1) is 12.4. The molecule has 0 aromatic rings. The lowest BCUT2D eigenvalue weighted by Gasteiger charge is -2.01. The summed E-state index contributed by atoms with van der Waals surface area (Å²) in [6.07, 6.45) is 0.654. The van der Waals surface area contributed by atoms with Crippen molar-refractivity contribution in [1.82, 2.24) is 0 Å². The van der Waals surface area contributed by atoms with E-state index in [1.54, 1.807) is 0 Å². The zero-order valence-electron chi connectivity index (χ0n) is 7.82. The van der Waals surface area contributed by atoms with Crippen LogP contribution in [0.3, 0.4) is 0 Å². The Hall–Kier alpha value is -1.59. The molecule has 0 unspecified atom stereocenters. The van der Waals surface area contributed by atoms with Gasteiger partial charge in [0.25, 0.3) is 0 Å². The number of hydrogen-bond acceptors (Lipinski definition) is 5. The molecule has 0 aliphatic carbocycles. The van der Waals surface area contributed by atoms with Crippen LogP contribution in [-0.2, 0) is 19.1 Å². The average Bonchev–Trinajstić information content (AvgIpc) is 2.11. The van der Waals surface area contributed by atoms with Gasteiger partial charge in [-0.2, -0.15) is 0 Å². The van der Waals surface area contributed by atoms with Crippen LogP contribution in [0.5, 0.6) is 0 Å². The Labute approximate surface area is 80.8 Å². The van der Waals surface area contributed by atoms with Gasteiger partial charge in [0.1, 0.15) is 0 Å². The standard InChI is InChI=1S/C8H12O6/c1-2-3-4-5-13-6(9)7(10)14-8(11)12/h2-5H2,1H3,(H,11,12). The summed E-state index contributed by atoms with van der Waals surface area (Å²) < 4.78 is 8.00. The molecule has 0 aromatic carbocycles. The van der Waals surface area contributed by atoms with E-state index in [-0.39, 0.29) is 6.61 Å². The normalized spacial score (nSPS) is 9.21. The zero-order valence-corrected chi connectivity index (χ0v) is 7.82. The first-order valence-electron chi connectivity index (χ1n) is 4.19. The number of esters is 2. The molecule has 0 aliphatic heterocycles. The first-order chi connectivity index (χ1) is 6.57. The van der Waals surface area contributed by atoms with Crippen LogP contribution in [0.2, 0.25) is 0 Å². The first-order valence-corrected chi connectivity index (χ1v) is 4.19. The molecule has 6 heteroatoms. The topological polar surface area (TPSA) is 89.9 Å². The molecule has 14 heavy (non-hydrogen) atoms. The van der Waals surface area contributed by atoms with Gasteiger partial charge in [0.05, 0.1) is 6.61 Å². The quantitative estimate of drug-likeness (QED) is 0.317. The lowest BCUT2D eigenvalue weighted by Crippen LogP contribution is -2.23. The highest BCUT2D eigenvalue weighted by atomic mass is 16.7. The Morgan fingerprint density at radius 3 is 2.29 bits per heavy atom. The highest BCUT2D eigenvalue weighted by molar-refractivity contribution is 6.31. The van der Waals surface area contributed by atoms with Crippen LogP contribution in [0.1, 0.15) is 26.2 Å². The molecule has 80 valence electrons. The maximum atomic E-state index is 10.7. The number of carboxylic acid groups (broad SMARTS) is 1. The van der Waals surface area contributed by atoms with E-state index in [2.05, 4.69) is 9.47 Å². The van der Waals surface area contributed by atoms with Crippen molar-refractivity contribution in [3.05, 3.63) is 0 Å². The van der Waals surface area contributed by atoms with Crippen molar-refractivity contribution in [1.29, 1.82) is 0 Å². The second-order valence-corrected chi connectivity index (χ2v) is 2.50. The van der Waals surface area contributed by atoms with Gasteiger partial charge in [-0.05, 0) is 6.42 Å². The smallest absolute Gasteiger partial charge is 0.457 e. The summed E-state index contributed by atoms with van der Waals surface area (Å²) >= 11 is 0. The molecule has 1 N–H and O–H groups in total. The molecule has 0 amide bonds. The van der Waals surface area contributed by atoms with Crippen molar-refractivity contribution in [3.8, 4) is 0 Å². The number of rotatable bonds is 4. The number of ether oxygens (including phenoxy) is 2. The van der Waals surface area contributed by atoms with Crippen molar-refractivity contribution >= 4 is 18.1 Å². The molecular weight excluding hydrogens is 192 g/mol. The summed E-state index contributed by atoms with van der Waals surface area (Å²) in [6, 6.07) is 0. The van der Waals surface area contributed by atoms with E-state index in [4.69, 9.17) is 5.11 Å². The van der Waals surface area contributed by atoms with E-state index >= 15 is 0 Å². The van der Waals surface area contributed by atoms with Crippen LogP contribution in [0.15, 0.2) is 0 Å². The van der Waals surface area contributed by atoms with Crippen LogP contribution in [0.4, 0.5) is 4.79 Å². The molecule has 0 saturated carbocycles. The Kier molecular flexibility index (Phi) is 6.09. The van der Waals surface area contributed by atoms with E-state index in [1.807, 2.05) is 6.92 Å². The fourth-order valence-electron chi connectivity index (χ4n) is 0.697. The predicted octanol–water partition coefficient (Wildman–Crippen LogP) is 0.941. The largest absolute Gasteiger partial charge is 0.514 e. The number of carbonyl (C=O) groups is 3. The third kappa shape index (κ3) is 5.99. The molecule has 0 saturated heterocycles. The highest BCUT2D eigenvalue weighted by Crippen LogP contribution is 1.95. The van der Waals surface area contributed by atoms with Gasteiger partial charge >= 0.3 is 18.1 Å². The molecule has 0 aromatic heterocycles. The molecule has 0 aliphatic rings. The summed E-state index contributed by atoms with van der Waals surface area (Å²) in [5.74, 6) is -2.78. The van der Waals surface area contributed by atoms with Crippen molar-refractivity contribution in [3.63, 3.8) is 0 Å². The van der Waals surface area contributed by atoms with Gasteiger partial charge in [-0.15, -0.1) is 0 Å². The summed E-state index contributed by atoms with van der Waals surface area (Å²) in [4.78, 5) is 31.1. The summed E-state index contributed by atoms with van der Waals surface area (Å²) in [5.41, 5.74) is 0. The van der Waals surface area contributed by atoms with E-state index in [0.717, 1.165) is 12.8 Å². The monoisotopic (exact) mass is 204 g/mol. The lowest BCUT2D eigenvalue weighted by atomic mass is 10.3. The van der Waals surface area contributed by atoms with Crippen LogP contribution >= 0.6 is 0 Å². The molecule has 6 nitrogen and oxygen atoms in total. The Balaban J connectivity index is 3.63. The maximum Gasteiger partial charge on any atom is 0.514 e. The summed E-state index contributed by atoms with van der Waals surface area (Å²) in [6.45, 7) is 2.07. The Morgan fingerprint density at radius 2 is 1.79 bits per heavy atom. The molecule has 0 atom stereocenters. The van der Waals surface area contributed by atoms with Gasteiger partial charge in [-0.3, -0.25) is 0 Å². The molecule has 0 radical (unpaired) electrons. The predicted molar refractivity (Wildman–Crippen MR) is 44.6 cm³/mol. The van der Waals surface area contributed by atoms with Crippen LogP contribution in [-0.4, -0.2) is 29.8 Å². The van der Waals surface area contributed by atoms with Crippen molar-refractivity contribution in [2.75, 3.05) is 6.61 Å². The summed E-state index contributed by atoms with van der Waals surface area (Å²) in [5, 5.41) is 7.99. The fraction of sp³-hybridized carbons (Fsp3) is 0.625. The van der Waals surface area contributed by atoms with Crippen LogP contribution in [0, 0.1) is 0 Å². The van der Waals surface area contributed by atoms with Gasteiger partial charge < -0.3 is 14.6 Å². The van der Waals surface area contributed by atoms with E-state index in [0.29, 0.717) is 6.42 Å². The van der Waals surface area contributed by atoms with Crippen LogP contribution < -0.4 is 0 Å². The second-order valence-electron chi connectivity index (χ2n) is 2.50. The molecule has 0 rings (SSSR count). The number of unbranched alkanes of at least 4 members (excludes halogenated alkanes) is 2. The maximum absolute atomic E-state index is 10.7. The van der Waals surface area contributed by atoms with Crippen molar-refractivity contribution in [2.45, 2.75) is 26.2 Å². The summed E-state index contributed by atoms with van der Waals surface area (Å²) in [7, 11) is 0. The van der Waals surface area contributed by atoms with E-state index < -0.39 is 18.1 Å². The van der Waals surface area contributed by atoms with Gasteiger partial charge in [0.2, 0.25) is 0 Å². The molecule has 0 bridgehead atoms. The number of hydrogen-bond donors (Lipinski definition) is 1. The third-order valence-corrected chi connectivity index (χ3v) is 1.33. The minimum atomic E-state index is -1.82. The van der Waals surface area contributed by atoms with Gasteiger partial charge in [0.15, 0.2) is 0 Å². The van der Waals surface area contributed by atoms with E-state index in [1.165, 1.54) is 0 Å². The minimum Gasteiger partial charge on any atom is -0.457 e. The highest BCUT2D eigenvalue weighted by Gasteiger charge is 2.20. The number of carbonyl (C=O) groups excluding carboxylic acids is 2. The Bertz CT molecular complexity index is 222. The van der Waals surface area contributed by atoms with Gasteiger partial charge in [-0.25, -0.2) is 14.4 Å². The van der Waals surface area contributed by atoms with Crippen LogP contribution in [0.25, 0.3) is 0 Å². The Morgan fingerprint density at radius 1 is 1.14 bits per heavy atom. The molecular formula is C8H12O6. The van der Waals surface area contributed by atoms with Gasteiger partial charge in [0, 0.05) is 0 Å². The van der Waals surface area contributed by atoms with Gasteiger partial charge in [-0.1, -0.05) is 19.8 Å². The SMILES string of the molecule is CCCCCOC(=O)C(=O)OC(=O)O. The minimum absolute atomic E-state index is 0.0986. The molecule has 0 fully saturated rings. The molecule has 0 heterocycles. The molecule has 0 spiro atoms. The second kappa shape index (κ2) is 6.88. The average molecular weight is 204 g/mol. The van der Waals surface area contributed by atoms with E-state index in [9.17, 15) is 14.4 Å². The third-order valence-electron chi connectivity index (χ3n) is 1.33. The van der Waals surface area contributed by atoms with Crippen molar-refractivity contribution in [2.24, 2.45) is 0 Å². The lowest BCUT2D eigenvalue weighted by molar-refractivity contribution is -0.165. The zero-order chi connectivity index (χ0) is 11.0.